The standard InChI is InChI=1S/C9H19O3/c1-5-9(6(2)10,7(3)11)8(4)12/h6-8,10-12H,1,5H2,2-4H3. The van der Waals surface area contributed by atoms with Crippen molar-refractivity contribution < 1.29 is 15.3 Å². The Labute approximate surface area is 74.0 Å². The van der Waals surface area contributed by atoms with E-state index in [1.807, 2.05) is 0 Å². The Morgan fingerprint density at radius 3 is 1.25 bits per heavy atom. The van der Waals surface area contributed by atoms with Crippen LogP contribution in [-0.2, 0) is 0 Å². The van der Waals surface area contributed by atoms with Crippen molar-refractivity contribution in [1.29, 1.82) is 0 Å². The lowest BCUT2D eigenvalue weighted by atomic mass is 9.71. The second-order valence-electron chi connectivity index (χ2n) is 3.39. The van der Waals surface area contributed by atoms with Crippen molar-refractivity contribution in [3.63, 3.8) is 0 Å². The summed E-state index contributed by atoms with van der Waals surface area (Å²) in [6.07, 6.45) is -2.00. The van der Waals surface area contributed by atoms with Gasteiger partial charge in [-0.25, -0.2) is 0 Å². The number of rotatable bonds is 4. The molecule has 3 nitrogen and oxygen atoms in total. The van der Waals surface area contributed by atoms with Crippen molar-refractivity contribution in [2.24, 2.45) is 5.41 Å². The molecule has 0 rings (SSSR count). The van der Waals surface area contributed by atoms with Crippen molar-refractivity contribution in [3.05, 3.63) is 6.92 Å². The van der Waals surface area contributed by atoms with E-state index in [0.29, 0.717) is 6.42 Å². The topological polar surface area (TPSA) is 60.7 Å². The van der Waals surface area contributed by atoms with Gasteiger partial charge in [-0.2, -0.15) is 0 Å². The van der Waals surface area contributed by atoms with Crippen molar-refractivity contribution in [2.75, 3.05) is 0 Å². The Hall–Kier alpha value is -0.120. The Morgan fingerprint density at radius 1 is 1.00 bits per heavy atom. The predicted octanol–water partition coefficient (Wildman–Crippen LogP) is 0.339. The van der Waals surface area contributed by atoms with Crippen LogP contribution >= 0.6 is 0 Å². The molecule has 0 aliphatic heterocycles. The summed E-state index contributed by atoms with van der Waals surface area (Å²) in [5.74, 6) is 0. The van der Waals surface area contributed by atoms with E-state index in [9.17, 15) is 15.3 Å². The molecule has 1 radical (unpaired) electrons. The van der Waals surface area contributed by atoms with Gasteiger partial charge in [0, 0.05) is 5.41 Å². The molecule has 0 aromatic carbocycles. The number of aliphatic hydroxyl groups excluding tert-OH is 3. The van der Waals surface area contributed by atoms with Crippen LogP contribution in [0.15, 0.2) is 0 Å². The molecule has 0 aromatic heterocycles. The average Bonchev–Trinajstić information content (AvgIpc) is 1.86. The molecule has 0 aliphatic carbocycles. The maximum atomic E-state index is 9.44. The van der Waals surface area contributed by atoms with Gasteiger partial charge >= 0.3 is 0 Å². The van der Waals surface area contributed by atoms with E-state index < -0.39 is 23.7 Å². The molecular weight excluding hydrogens is 156 g/mol. The van der Waals surface area contributed by atoms with Crippen LogP contribution in [0, 0.1) is 12.3 Å². The van der Waals surface area contributed by atoms with Crippen LogP contribution in [-0.4, -0.2) is 33.6 Å². The molecule has 0 spiro atoms. The van der Waals surface area contributed by atoms with Gasteiger partial charge in [0.2, 0.25) is 0 Å². The first-order valence-electron chi connectivity index (χ1n) is 4.23. The molecule has 3 N–H and O–H groups in total. The van der Waals surface area contributed by atoms with Crippen LogP contribution in [0.1, 0.15) is 27.2 Å². The molecule has 3 atom stereocenters. The fourth-order valence-corrected chi connectivity index (χ4v) is 1.67. The summed E-state index contributed by atoms with van der Waals surface area (Å²) < 4.78 is 0. The molecule has 0 aliphatic rings. The number of aliphatic hydroxyl groups is 3. The molecule has 0 amide bonds. The quantitative estimate of drug-likeness (QED) is 0.577. The fraction of sp³-hybridized carbons (Fsp3) is 0.889. The average molecular weight is 175 g/mol. The van der Waals surface area contributed by atoms with E-state index in [1.54, 1.807) is 20.8 Å². The fourth-order valence-electron chi connectivity index (χ4n) is 1.67. The van der Waals surface area contributed by atoms with Crippen LogP contribution in [0.4, 0.5) is 0 Å². The lowest BCUT2D eigenvalue weighted by Gasteiger charge is -2.40. The molecule has 3 unspecified atom stereocenters. The summed E-state index contributed by atoms with van der Waals surface area (Å²) in [6, 6.07) is 0. The van der Waals surface area contributed by atoms with Gasteiger partial charge in [-0.1, -0.05) is 6.92 Å². The predicted molar refractivity (Wildman–Crippen MR) is 47.4 cm³/mol. The Balaban J connectivity index is 4.77. The molecule has 73 valence electrons. The molecule has 0 bridgehead atoms. The third-order valence-corrected chi connectivity index (χ3v) is 2.77. The van der Waals surface area contributed by atoms with E-state index in [4.69, 9.17) is 0 Å². The number of hydrogen-bond donors (Lipinski definition) is 3. The molecular formula is C9H19O3. The minimum Gasteiger partial charge on any atom is -0.393 e. The van der Waals surface area contributed by atoms with Gasteiger partial charge in [0.1, 0.15) is 0 Å². The second-order valence-corrected chi connectivity index (χ2v) is 3.39. The largest absolute Gasteiger partial charge is 0.393 e. The summed E-state index contributed by atoms with van der Waals surface area (Å²) in [4.78, 5) is 0. The Morgan fingerprint density at radius 2 is 1.25 bits per heavy atom. The lowest BCUT2D eigenvalue weighted by molar-refractivity contribution is -0.119. The Kier molecular flexibility index (Phi) is 4.17. The van der Waals surface area contributed by atoms with Gasteiger partial charge in [0.05, 0.1) is 18.3 Å². The summed E-state index contributed by atoms with van der Waals surface area (Å²) in [7, 11) is 0. The first-order chi connectivity index (χ1) is 5.39. The summed E-state index contributed by atoms with van der Waals surface area (Å²) >= 11 is 0. The first-order valence-corrected chi connectivity index (χ1v) is 4.23. The van der Waals surface area contributed by atoms with Gasteiger partial charge in [0.25, 0.3) is 0 Å². The van der Waals surface area contributed by atoms with Crippen LogP contribution in [0.2, 0.25) is 0 Å². The van der Waals surface area contributed by atoms with Crippen LogP contribution in [0.3, 0.4) is 0 Å². The minimum absolute atomic E-state index is 0.306. The molecule has 0 heterocycles. The third kappa shape index (κ3) is 1.79. The molecule has 0 fully saturated rings. The van der Waals surface area contributed by atoms with E-state index in [2.05, 4.69) is 6.92 Å². The zero-order chi connectivity index (χ0) is 9.94. The molecule has 0 saturated heterocycles. The summed E-state index contributed by atoms with van der Waals surface area (Å²) in [5.41, 5.74) is -0.903. The minimum atomic E-state index is -0.903. The third-order valence-electron chi connectivity index (χ3n) is 2.77. The molecule has 3 heteroatoms. The lowest BCUT2D eigenvalue weighted by Crippen LogP contribution is -2.50. The summed E-state index contributed by atoms with van der Waals surface area (Å²) in [6.45, 7) is 8.32. The maximum Gasteiger partial charge on any atom is 0.0617 e. The van der Waals surface area contributed by atoms with Gasteiger partial charge in [-0.3, -0.25) is 0 Å². The SMILES string of the molecule is [CH2]CC(C(C)O)(C(C)O)C(C)O. The van der Waals surface area contributed by atoms with Crippen molar-refractivity contribution in [2.45, 2.75) is 45.5 Å². The van der Waals surface area contributed by atoms with E-state index in [1.165, 1.54) is 0 Å². The highest BCUT2D eigenvalue weighted by atomic mass is 16.3. The smallest absolute Gasteiger partial charge is 0.0617 e. The second kappa shape index (κ2) is 4.21. The maximum absolute atomic E-state index is 9.44. The van der Waals surface area contributed by atoms with Crippen LogP contribution in [0.5, 0.6) is 0 Å². The first kappa shape index (κ1) is 11.9. The highest BCUT2D eigenvalue weighted by molar-refractivity contribution is 4.93. The van der Waals surface area contributed by atoms with Crippen molar-refractivity contribution in [1.82, 2.24) is 0 Å². The molecule has 0 saturated carbocycles. The normalized spacial score (nSPS) is 24.2. The van der Waals surface area contributed by atoms with E-state index in [0.717, 1.165) is 0 Å². The van der Waals surface area contributed by atoms with E-state index in [-0.39, 0.29) is 0 Å². The summed E-state index contributed by atoms with van der Waals surface area (Å²) in [5, 5.41) is 28.3. The Bertz CT molecular complexity index is 108. The highest BCUT2D eigenvalue weighted by Gasteiger charge is 2.42. The van der Waals surface area contributed by atoms with Crippen molar-refractivity contribution >= 4 is 0 Å². The van der Waals surface area contributed by atoms with Crippen LogP contribution in [0.25, 0.3) is 0 Å². The van der Waals surface area contributed by atoms with Crippen LogP contribution < -0.4 is 0 Å². The van der Waals surface area contributed by atoms with Gasteiger partial charge in [0.15, 0.2) is 0 Å². The molecule has 12 heavy (non-hydrogen) atoms. The van der Waals surface area contributed by atoms with Gasteiger partial charge in [-0.15, -0.1) is 0 Å². The zero-order valence-electron chi connectivity index (χ0n) is 7.99. The van der Waals surface area contributed by atoms with Gasteiger partial charge in [-0.05, 0) is 27.2 Å². The van der Waals surface area contributed by atoms with Crippen molar-refractivity contribution in [3.8, 4) is 0 Å². The molecule has 0 aromatic rings. The monoisotopic (exact) mass is 175 g/mol. The van der Waals surface area contributed by atoms with Gasteiger partial charge < -0.3 is 15.3 Å². The highest BCUT2D eigenvalue weighted by Crippen LogP contribution is 2.34. The number of hydrogen-bond acceptors (Lipinski definition) is 3. The zero-order valence-corrected chi connectivity index (χ0v) is 7.99. The van der Waals surface area contributed by atoms with E-state index >= 15 is 0 Å².